The number of aromatic nitrogens is 2. The highest BCUT2D eigenvalue weighted by Crippen LogP contribution is 2.18. The Balaban J connectivity index is 2.22. The third-order valence-corrected chi connectivity index (χ3v) is 3.84. The van der Waals surface area contributed by atoms with Crippen LogP contribution in [0.3, 0.4) is 0 Å². The van der Waals surface area contributed by atoms with E-state index in [1.165, 1.54) is 4.90 Å². The van der Waals surface area contributed by atoms with Gasteiger partial charge in [-0.15, -0.1) is 0 Å². The molecule has 0 fully saturated rings. The van der Waals surface area contributed by atoms with Crippen molar-refractivity contribution in [1.82, 2.24) is 14.9 Å². The van der Waals surface area contributed by atoms with Crippen LogP contribution in [0.25, 0.3) is 11.0 Å². The molecule has 7 heteroatoms. The van der Waals surface area contributed by atoms with Crippen molar-refractivity contribution in [2.45, 2.75) is 25.9 Å². The molecule has 1 aromatic heterocycles. The highest BCUT2D eigenvalue weighted by molar-refractivity contribution is 6.09. The predicted molar refractivity (Wildman–Crippen MR) is 83.5 cm³/mol. The van der Waals surface area contributed by atoms with Crippen molar-refractivity contribution in [2.75, 3.05) is 7.05 Å². The molecule has 0 radical (unpaired) electrons. The van der Waals surface area contributed by atoms with E-state index in [-0.39, 0.29) is 6.54 Å². The van der Waals surface area contributed by atoms with E-state index in [2.05, 4.69) is 9.97 Å². The van der Waals surface area contributed by atoms with Gasteiger partial charge in [-0.1, -0.05) is 26.0 Å². The molecule has 1 atom stereocenters. The van der Waals surface area contributed by atoms with Crippen LogP contribution in [0.2, 0.25) is 0 Å². The summed E-state index contributed by atoms with van der Waals surface area (Å²) in [5.74, 6) is -1.14. The Morgan fingerprint density at radius 2 is 2.00 bits per heavy atom. The zero-order chi connectivity index (χ0) is 16.5. The number of nitrogens with one attached hydrogen (secondary N) is 1. The number of hydrogen-bond donors (Lipinski definition) is 3. The van der Waals surface area contributed by atoms with Gasteiger partial charge >= 0.3 is 0 Å². The SMILES string of the molecule is CC(C)[C@](N)(C(N)=O)C(=O)N(C)Cc1nc2ccccc2[nH]1. The van der Waals surface area contributed by atoms with E-state index < -0.39 is 23.3 Å². The van der Waals surface area contributed by atoms with Crippen LogP contribution in [0.5, 0.6) is 0 Å². The zero-order valence-electron chi connectivity index (χ0n) is 13.0. The lowest BCUT2D eigenvalue weighted by molar-refractivity contribution is -0.144. The summed E-state index contributed by atoms with van der Waals surface area (Å²) in [6.07, 6.45) is 0. The average molecular weight is 303 g/mol. The van der Waals surface area contributed by atoms with Gasteiger partial charge in [0.25, 0.3) is 5.91 Å². The van der Waals surface area contributed by atoms with E-state index in [0.29, 0.717) is 5.82 Å². The Morgan fingerprint density at radius 1 is 1.36 bits per heavy atom. The molecule has 0 saturated heterocycles. The molecule has 2 aromatic rings. The Hall–Kier alpha value is -2.41. The van der Waals surface area contributed by atoms with Crippen LogP contribution in [0, 0.1) is 5.92 Å². The highest BCUT2D eigenvalue weighted by Gasteiger charge is 2.45. The van der Waals surface area contributed by atoms with Crippen molar-refractivity contribution in [3.8, 4) is 0 Å². The minimum atomic E-state index is -1.72. The lowest BCUT2D eigenvalue weighted by Gasteiger charge is -2.32. The molecule has 5 N–H and O–H groups in total. The Bertz CT molecular complexity index is 676. The van der Waals surface area contributed by atoms with Crippen LogP contribution in [0.4, 0.5) is 0 Å². The molecule has 0 bridgehead atoms. The van der Waals surface area contributed by atoms with Crippen LogP contribution in [-0.2, 0) is 16.1 Å². The number of benzene rings is 1. The van der Waals surface area contributed by atoms with Gasteiger partial charge in [0.2, 0.25) is 5.91 Å². The second-order valence-corrected chi connectivity index (χ2v) is 5.75. The Morgan fingerprint density at radius 3 is 2.55 bits per heavy atom. The van der Waals surface area contributed by atoms with Gasteiger partial charge in [0, 0.05) is 7.05 Å². The number of hydrogen-bond acceptors (Lipinski definition) is 4. The number of amides is 2. The first kappa shape index (κ1) is 16.0. The fourth-order valence-corrected chi connectivity index (χ4v) is 2.33. The van der Waals surface area contributed by atoms with Gasteiger partial charge in [-0.25, -0.2) is 4.98 Å². The number of likely N-dealkylation sites (N-methyl/N-ethyl adjacent to an activating group) is 1. The van der Waals surface area contributed by atoms with Crippen LogP contribution in [0.1, 0.15) is 19.7 Å². The Labute approximate surface area is 128 Å². The maximum Gasteiger partial charge on any atom is 0.252 e. The molecular weight excluding hydrogens is 282 g/mol. The molecule has 0 aliphatic carbocycles. The molecule has 2 amide bonds. The number of nitrogens with zero attached hydrogens (tertiary/aromatic N) is 2. The molecule has 1 aromatic carbocycles. The molecule has 0 unspecified atom stereocenters. The molecule has 0 aliphatic heterocycles. The van der Waals surface area contributed by atoms with Crippen molar-refractivity contribution >= 4 is 22.8 Å². The van der Waals surface area contributed by atoms with Crippen LogP contribution < -0.4 is 11.5 Å². The number of H-pyrrole nitrogens is 1. The van der Waals surface area contributed by atoms with E-state index in [1.54, 1.807) is 20.9 Å². The molecule has 0 spiro atoms. The van der Waals surface area contributed by atoms with Crippen molar-refractivity contribution < 1.29 is 9.59 Å². The highest BCUT2D eigenvalue weighted by atomic mass is 16.2. The van der Waals surface area contributed by atoms with Gasteiger partial charge in [-0.05, 0) is 18.1 Å². The van der Waals surface area contributed by atoms with Gasteiger partial charge in [0.05, 0.1) is 17.6 Å². The fraction of sp³-hybridized carbons (Fsp3) is 0.400. The molecule has 7 nitrogen and oxygen atoms in total. The van der Waals surface area contributed by atoms with Gasteiger partial charge in [0.15, 0.2) is 5.54 Å². The van der Waals surface area contributed by atoms with Gasteiger partial charge in [-0.2, -0.15) is 0 Å². The van der Waals surface area contributed by atoms with Crippen molar-refractivity contribution in [1.29, 1.82) is 0 Å². The van der Waals surface area contributed by atoms with Crippen LogP contribution in [-0.4, -0.2) is 39.3 Å². The molecule has 0 aliphatic rings. The summed E-state index contributed by atoms with van der Waals surface area (Å²) in [4.78, 5) is 33.0. The van der Waals surface area contributed by atoms with Gasteiger partial charge in [0.1, 0.15) is 5.82 Å². The average Bonchev–Trinajstić information content (AvgIpc) is 2.86. The van der Waals surface area contributed by atoms with E-state index in [9.17, 15) is 9.59 Å². The monoisotopic (exact) mass is 303 g/mol. The number of carbonyl (C=O) groups is 2. The minimum absolute atomic E-state index is 0.215. The number of fused-ring (bicyclic) bond motifs is 1. The third-order valence-electron chi connectivity index (χ3n) is 3.84. The molecule has 118 valence electrons. The number of para-hydroxylation sites is 2. The van der Waals surface area contributed by atoms with Gasteiger partial charge < -0.3 is 21.4 Å². The fourth-order valence-electron chi connectivity index (χ4n) is 2.33. The number of aromatic amines is 1. The number of rotatable bonds is 5. The molecule has 2 rings (SSSR count). The zero-order valence-corrected chi connectivity index (χ0v) is 13.0. The topological polar surface area (TPSA) is 118 Å². The first-order valence-electron chi connectivity index (χ1n) is 7.04. The standard InChI is InChI=1S/C15H21N5O2/c1-9(2)15(17,13(16)21)14(22)20(3)8-12-18-10-6-4-5-7-11(10)19-12/h4-7,9H,8,17H2,1-3H3,(H2,16,21)(H,18,19)/t15-/m0/s1. The lowest BCUT2D eigenvalue weighted by Crippen LogP contribution is -2.65. The second-order valence-electron chi connectivity index (χ2n) is 5.75. The first-order chi connectivity index (χ1) is 10.3. The largest absolute Gasteiger partial charge is 0.368 e. The van der Waals surface area contributed by atoms with E-state index in [1.807, 2.05) is 24.3 Å². The summed E-state index contributed by atoms with van der Waals surface area (Å²) in [5, 5.41) is 0. The normalized spacial score (nSPS) is 14.0. The van der Waals surface area contributed by atoms with Crippen LogP contribution in [0.15, 0.2) is 24.3 Å². The van der Waals surface area contributed by atoms with E-state index in [0.717, 1.165) is 11.0 Å². The number of nitrogens with two attached hydrogens (primary N) is 2. The van der Waals surface area contributed by atoms with Crippen molar-refractivity contribution in [3.05, 3.63) is 30.1 Å². The summed E-state index contributed by atoms with van der Waals surface area (Å²) in [6, 6.07) is 7.56. The summed E-state index contributed by atoms with van der Waals surface area (Å²) in [7, 11) is 1.57. The number of imidazole rings is 1. The van der Waals surface area contributed by atoms with Crippen molar-refractivity contribution in [2.24, 2.45) is 17.4 Å². The van der Waals surface area contributed by atoms with E-state index >= 15 is 0 Å². The van der Waals surface area contributed by atoms with Gasteiger partial charge in [-0.3, -0.25) is 9.59 Å². The number of primary amides is 1. The summed E-state index contributed by atoms with van der Waals surface area (Å²) >= 11 is 0. The molecule has 1 heterocycles. The summed E-state index contributed by atoms with van der Waals surface area (Å²) < 4.78 is 0. The maximum atomic E-state index is 12.5. The Kier molecular flexibility index (Phi) is 4.18. The quantitative estimate of drug-likeness (QED) is 0.691. The second kappa shape index (κ2) is 5.76. The molecular formula is C15H21N5O2. The molecule has 22 heavy (non-hydrogen) atoms. The predicted octanol–water partition coefficient (Wildman–Crippen LogP) is 0.360. The third kappa shape index (κ3) is 2.67. The summed E-state index contributed by atoms with van der Waals surface area (Å²) in [6.45, 7) is 3.60. The van der Waals surface area contributed by atoms with Crippen molar-refractivity contribution in [3.63, 3.8) is 0 Å². The summed E-state index contributed by atoms with van der Waals surface area (Å²) in [5.41, 5.74) is 11.3. The number of carbonyl (C=O) groups excluding carboxylic acids is 2. The smallest absolute Gasteiger partial charge is 0.252 e. The minimum Gasteiger partial charge on any atom is -0.368 e. The maximum absolute atomic E-state index is 12.5. The van der Waals surface area contributed by atoms with Crippen LogP contribution >= 0.6 is 0 Å². The molecule has 0 saturated carbocycles. The van der Waals surface area contributed by atoms with E-state index in [4.69, 9.17) is 11.5 Å². The lowest BCUT2D eigenvalue weighted by atomic mass is 9.85. The first-order valence-corrected chi connectivity index (χ1v) is 7.04.